The van der Waals surface area contributed by atoms with Crippen molar-refractivity contribution in [2.45, 2.75) is 26.3 Å². The molecule has 1 rings (SSSR count). The highest BCUT2D eigenvalue weighted by molar-refractivity contribution is 5.92. The average molecular weight is 127 g/mol. The van der Waals surface area contributed by atoms with E-state index in [1.165, 1.54) is 0 Å². The van der Waals surface area contributed by atoms with Crippen molar-refractivity contribution in [3.63, 3.8) is 0 Å². The molecule has 1 aliphatic heterocycles. The van der Waals surface area contributed by atoms with E-state index < -0.39 is 0 Å². The van der Waals surface area contributed by atoms with Crippen molar-refractivity contribution < 1.29 is 4.39 Å². The standard InChI is InChI=1S/C7H10FN/c1-5-3-4-6(2)9-7(5)8/h3,6H,4H2,1-2H3. The van der Waals surface area contributed by atoms with Crippen molar-refractivity contribution in [2.75, 3.05) is 0 Å². The molecule has 0 radical (unpaired) electrons. The Balaban J connectivity index is 2.75. The molecule has 0 saturated heterocycles. The Morgan fingerprint density at radius 2 is 2.44 bits per heavy atom. The van der Waals surface area contributed by atoms with E-state index in [1.807, 2.05) is 13.0 Å². The zero-order valence-corrected chi connectivity index (χ0v) is 5.69. The first-order valence-electron chi connectivity index (χ1n) is 3.10. The van der Waals surface area contributed by atoms with Crippen LogP contribution < -0.4 is 0 Å². The molecule has 1 heterocycles. The molecule has 0 aliphatic carbocycles. The third kappa shape index (κ3) is 1.37. The Hall–Kier alpha value is -0.660. The number of hydrogen-bond acceptors (Lipinski definition) is 1. The molecule has 0 spiro atoms. The summed E-state index contributed by atoms with van der Waals surface area (Å²) in [6, 6.07) is 0.133. The summed E-state index contributed by atoms with van der Waals surface area (Å²) in [5.74, 6) is -0.297. The van der Waals surface area contributed by atoms with E-state index >= 15 is 0 Å². The molecule has 0 fully saturated rings. The maximum atomic E-state index is 12.5. The van der Waals surface area contributed by atoms with Crippen molar-refractivity contribution in [1.29, 1.82) is 0 Å². The maximum Gasteiger partial charge on any atom is 0.211 e. The summed E-state index contributed by atoms with van der Waals surface area (Å²) in [5, 5.41) is 0. The van der Waals surface area contributed by atoms with Gasteiger partial charge < -0.3 is 0 Å². The van der Waals surface area contributed by atoms with Gasteiger partial charge >= 0.3 is 0 Å². The summed E-state index contributed by atoms with van der Waals surface area (Å²) in [6.07, 6.45) is 2.76. The molecule has 0 N–H and O–H groups in total. The van der Waals surface area contributed by atoms with Gasteiger partial charge in [-0.25, -0.2) is 0 Å². The Labute approximate surface area is 54.3 Å². The first kappa shape index (κ1) is 6.46. The molecule has 0 amide bonds. The molecule has 0 aromatic rings. The van der Waals surface area contributed by atoms with E-state index in [0.717, 1.165) is 6.42 Å². The van der Waals surface area contributed by atoms with Gasteiger partial charge in [0.05, 0.1) is 6.04 Å². The SMILES string of the molecule is CC1=CCC(C)N=C1F. The molecular weight excluding hydrogens is 117 g/mol. The molecule has 9 heavy (non-hydrogen) atoms. The fourth-order valence-corrected chi connectivity index (χ4v) is 0.780. The predicted octanol–water partition coefficient (Wildman–Crippen LogP) is 2.09. The molecular formula is C7H10FN. The van der Waals surface area contributed by atoms with E-state index in [-0.39, 0.29) is 12.0 Å². The highest BCUT2D eigenvalue weighted by Gasteiger charge is 2.08. The largest absolute Gasteiger partial charge is 0.254 e. The van der Waals surface area contributed by atoms with Crippen LogP contribution in [-0.2, 0) is 0 Å². The van der Waals surface area contributed by atoms with Gasteiger partial charge in [0.1, 0.15) is 0 Å². The second kappa shape index (κ2) is 2.29. The van der Waals surface area contributed by atoms with Crippen LogP contribution in [0.3, 0.4) is 0 Å². The fourth-order valence-electron chi connectivity index (χ4n) is 0.780. The number of rotatable bonds is 0. The second-order valence-corrected chi connectivity index (χ2v) is 2.39. The molecule has 1 nitrogen and oxygen atoms in total. The molecule has 1 unspecified atom stereocenters. The van der Waals surface area contributed by atoms with Crippen molar-refractivity contribution >= 4 is 5.97 Å². The lowest BCUT2D eigenvalue weighted by Gasteiger charge is -2.09. The molecule has 0 aromatic heterocycles. The normalized spacial score (nSPS) is 27.2. The monoisotopic (exact) mass is 127 g/mol. The van der Waals surface area contributed by atoms with Gasteiger partial charge in [-0.05, 0) is 25.8 Å². The predicted molar refractivity (Wildman–Crippen MR) is 36.4 cm³/mol. The van der Waals surface area contributed by atoms with Crippen LogP contribution in [0.1, 0.15) is 20.3 Å². The minimum Gasteiger partial charge on any atom is -0.254 e. The number of halogens is 1. The lowest BCUT2D eigenvalue weighted by Crippen LogP contribution is -2.07. The summed E-state index contributed by atoms with van der Waals surface area (Å²) in [4.78, 5) is 3.75. The Kier molecular flexibility index (Phi) is 1.65. The van der Waals surface area contributed by atoms with E-state index in [9.17, 15) is 4.39 Å². The van der Waals surface area contributed by atoms with Crippen molar-refractivity contribution in [2.24, 2.45) is 4.99 Å². The summed E-state index contributed by atoms with van der Waals surface area (Å²) in [5.41, 5.74) is 0.674. The summed E-state index contributed by atoms with van der Waals surface area (Å²) >= 11 is 0. The topological polar surface area (TPSA) is 12.4 Å². The van der Waals surface area contributed by atoms with Gasteiger partial charge in [-0.3, -0.25) is 4.99 Å². The minimum atomic E-state index is -0.297. The van der Waals surface area contributed by atoms with Crippen LogP contribution >= 0.6 is 0 Å². The Bertz CT molecular complexity index is 170. The Morgan fingerprint density at radius 1 is 1.78 bits per heavy atom. The van der Waals surface area contributed by atoms with Gasteiger partial charge in [-0.2, -0.15) is 4.39 Å². The second-order valence-electron chi connectivity index (χ2n) is 2.39. The third-order valence-electron chi connectivity index (χ3n) is 1.42. The smallest absolute Gasteiger partial charge is 0.211 e. The van der Waals surface area contributed by atoms with Crippen LogP contribution in [0.25, 0.3) is 0 Å². The van der Waals surface area contributed by atoms with Gasteiger partial charge in [0.25, 0.3) is 0 Å². The maximum absolute atomic E-state index is 12.5. The molecule has 1 atom stereocenters. The van der Waals surface area contributed by atoms with E-state index in [1.54, 1.807) is 6.92 Å². The summed E-state index contributed by atoms with van der Waals surface area (Å²) < 4.78 is 12.5. The molecule has 0 bridgehead atoms. The quantitative estimate of drug-likeness (QED) is 0.472. The highest BCUT2D eigenvalue weighted by Crippen LogP contribution is 2.12. The molecule has 1 aliphatic rings. The molecule has 0 aromatic carbocycles. The minimum absolute atomic E-state index is 0.133. The lowest BCUT2D eigenvalue weighted by molar-refractivity contribution is 0.692. The molecule has 50 valence electrons. The first-order valence-corrected chi connectivity index (χ1v) is 3.10. The Morgan fingerprint density at radius 3 is 2.89 bits per heavy atom. The van der Waals surface area contributed by atoms with Gasteiger partial charge in [0.2, 0.25) is 5.97 Å². The average Bonchev–Trinajstić information content (AvgIpc) is 1.80. The highest BCUT2D eigenvalue weighted by atomic mass is 19.1. The zero-order chi connectivity index (χ0) is 6.85. The first-order chi connectivity index (χ1) is 4.20. The zero-order valence-electron chi connectivity index (χ0n) is 5.69. The molecule has 2 heteroatoms. The lowest BCUT2D eigenvalue weighted by atomic mass is 10.1. The number of hydrogen-bond donors (Lipinski definition) is 0. The van der Waals surface area contributed by atoms with Gasteiger partial charge in [-0.1, -0.05) is 6.08 Å². The number of allylic oxidation sites excluding steroid dienone is 1. The van der Waals surface area contributed by atoms with Crippen LogP contribution in [0, 0.1) is 0 Å². The van der Waals surface area contributed by atoms with Crippen molar-refractivity contribution in [3.05, 3.63) is 11.6 Å². The van der Waals surface area contributed by atoms with Crippen LogP contribution in [0.2, 0.25) is 0 Å². The van der Waals surface area contributed by atoms with Crippen LogP contribution in [-0.4, -0.2) is 12.0 Å². The molecule has 0 saturated carbocycles. The third-order valence-corrected chi connectivity index (χ3v) is 1.42. The number of dihydropyridines is 1. The number of aliphatic imine (C=N–C) groups is 1. The van der Waals surface area contributed by atoms with E-state index in [2.05, 4.69) is 4.99 Å². The fraction of sp³-hybridized carbons (Fsp3) is 0.571. The summed E-state index contributed by atoms with van der Waals surface area (Å²) in [7, 11) is 0. The van der Waals surface area contributed by atoms with Crippen LogP contribution in [0.4, 0.5) is 4.39 Å². The van der Waals surface area contributed by atoms with Gasteiger partial charge in [0.15, 0.2) is 0 Å². The van der Waals surface area contributed by atoms with Crippen molar-refractivity contribution in [1.82, 2.24) is 0 Å². The van der Waals surface area contributed by atoms with Crippen LogP contribution in [0.15, 0.2) is 16.6 Å². The van der Waals surface area contributed by atoms with Gasteiger partial charge in [-0.15, -0.1) is 0 Å². The van der Waals surface area contributed by atoms with E-state index in [0.29, 0.717) is 5.57 Å². The number of nitrogens with zero attached hydrogens (tertiary/aromatic N) is 1. The van der Waals surface area contributed by atoms with Crippen LogP contribution in [0.5, 0.6) is 0 Å². The van der Waals surface area contributed by atoms with E-state index in [4.69, 9.17) is 0 Å². The summed E-state index contributed by atoms with van der Waals surface area (Å²) in [6.45, 7) is 3.65. The van der Waals surface area contributed by atoms with Crippen molar-refractivity contribution in [3.8, 4) is 0 Å². The van der Waals surface area contributed by atoms with Gasteiger partial charge in [0, 0.05) is 0 Å².